The van der Waals surface area contributed by atoms with Crippen LogP contribution in [0.5, 0.6) is 0 Å². The highest BCUT2D eigenvalue weighted by molar-refractivity contribution is 5.41. The molecule has 1 aliphatic heterocycles. The monoisotopic (exact) mass is 400 g/mol. The molecule has 1 saturated heterocycles. The number of rotatable bonds is 5. The second kappa shape index (κ2) is 10.1. The van der Waals surface area contributed by atoms with Gasteiger partial charge in [-0.25, -0.2) is 14.4 Å². The number of hydrogen-bond acceptors (Lipinski definition) is 4. The van der Waals surface area contributed by atoms with Crippen molar-refractivity contribution >= 4 is 0 Å². The van der Waals surface area contributed by atoms with Gasteiger partial charge < -0.3 is 5.32 Å². The normalized spacial score (nSPS) is 16.6. The molecule has 1 unspecified atom stereocenters. The Morgan fingerprint density at radius 3 is 2.57 bits per heavy atom. The predicted molar refractivity (Wildman–Crippen MR) is 116 cm³/mol. The van der Waals surface area contributed by atoms with Gasteiger partial charge in [-0.3, -0.25) is 4.90 Å². The van der Waals surface area contributed by atoms with Crippen LogP contribution >= 0.6 is 0 Å². The van der Waals surface area contributed by atoms with E-state index in [9.17, 15) is 4.39 Å². The molecule has 1 fully saturated rings. The van der Waals surface area contributed by atoms with Crippen LogP contribution in [-0.4, -0.2) is 34.0 Å². The number of likely N-dealkylation sites (tertiary alicyclic amines) is 1. The molecule has 0 saturated carbocycles. The summed E-state index contributed by atoms with van der Waals surface area (Å²) in [7, 11) is 0. The third-order valence-electron chi connectivity index (χ3n) is 5.32. The van der Waals surface area contributed by atoms with E-state index in [-0.39, 0.29) is 5.82 Å². The van der Waals surface area contributed by atoms with Crippen molar-refractivity contribution in [3.05, 3.63) is 95.3 Å². The molecule has 1 atom stereocenters. The molecule has 2 heterocycles. The van der Waals surface area contributed by atoms with Crippen LogP contribution in [0.1, 0.15) is 35.1 Å². The van der Waals surface area contributed by atoms with Crippen molar-refractivity contribution in [3.63, 3.8) is 0 Å². The van der Waals surface area contributed by atoms with Crippen LogP contribution < -0.4 is 5.32 Å². The molecule has 0 radical (unpaired) electrons. The highest BCUT2D eigenvalue weighted by Crippen LogP contribution is 2.16. The smallest absolute Gasteiger partial charge is 0.127 e. The number of benzene rings is 2. The lowest BCUT2D eigenvalue weighted by Crippen LogP contribution is -2.45. The molecule has 30 heavy (non-hydrogen) atoms. The largest absolute Gasteiger partial charge is 0.309 e. The van der Waals surface area contributed by atoms with Crippen LogP contribution in [0.2, 0.25) is 0 Å². The summed E-state index contributed by atoms with van der Waals surface area (Å²) in [6.45, 7) is 3.45. The van der Waals surface area contributed by atoms with Gasteiger partial charge in [0.1, 0.15) is 12.1 Å². The van der Waals surface area contributed by atoms with Gasteiger partial charge >= 0.3 is 0 Å². The van der Waals surface area contributed by atoms with E-state index in [4.69, 9.17) is 0 Å². The zero-order valence-electron chi connectivity index (χ0n) is 16.9. The lowest BCUT2D eigenvalue weighted by Gasteiger charge is -2.33. The van der Waals surface area contributed by atoms with Crippen LogP contribution in [0.25, 0.3) is 0 Å². The fourth-order valence-corrected chi connectivity index (χ4v) is 3.71. The number of nitrogens with zero attached hydrogens (tertiary/aromatic N) is 3. The Balaban J connectivity index is 1.28. The van der Waals surface area contributed by atoms with E-state index >= 15 is 0 Å². The standard InChI is InChI=1S/C25H25FN4/c26-25-6-2-1-4-23(25)17-30-13-3-5-24(18-30)29-16-21-10-7-20(8-11-21)9-12-22-14-27-19-28-15-22/h1-2,4,6-8,10-11,14-15,19,24,29H,3,5,13,16-18H2. The molecule has 4 nitrogen and oxygen atoms in total. The Bertz CT molecular complexity index is 1010. The molecule has 4 rings (SSSR count). The van der Waals surface area contributed by atoms with E-state index in [1.807, 2.05) is 24.3 Å². The molecular weight excluding hydrogens is 375 g/mol. The Labute approximate surface area is 177 Å². The number of hydrogen-bond donors (Lipinski definition) is 1. The van der Waals surface area contributed by atoms with Gasteiger partial charge in [0.2, 0.25) is 0 Å². The Morgan fingerprint density at radius 1 is 1.00 bits per heavy atom. The quantitative estimate of drug-likeness (QED) is 0.662. The second-order valence-electron chi connectivity index (χ2n) is 7.62. The molecule has 0 aliphatic carbocycles. The van der Waals surface area contributed by atoms with Crippen LogP contribution in [0.3, 0.4) is 0 Å². The number of nitrogens with one attached hydrogen (secondary N) is 1. The molecule has 3 aromatic rings. The Kier molecular flexibility index (Phi) is 6.81. The van der Waals surface area contributed by atoms with Gasteiger partial charge in [-0.05, 0) is 43.1 Å². The summed E-state index contributed by atoms with van der Waals surface area (Å²) in [5.74, 6) is 6.09. The third-order valence-corrected chi connectivity index (χ3v) is 5.32. The topological polar surface area (TPSA) is 41.0 Å². The molecule has 0 spiro atoms. The summed E-state index contributed by atoms with van der Waals surface area (Å²) in [6, 6.07) is 15.8. The maximum Gasteiger partial charge on any atom is 0.127 e. The lowest BCUT2D eigenvalue weighted by molar-refractivity contribution is 0.181. The highest BCUT2D eigenvalue weighted by atomic mass is 19.1. The van der Waals surface area contributed by atoms with E-state index in [1.54, 1.807) is 18.5 Å². The van der Waals surface area contributed by atoms with Crippen LogP contribution in [0, 0.1) is 17.7 Å². The van der Waals surface area contributed by atoms with Crippen molar-refractivity contribution < 1.29 is 4.39 Å². The number of halogens is 1. The Morgan fingerprint density at radius 2 is 1.77 bits per heavy atom. The summed E-state index contributed by atoms with van der Waals surface area (Å²) >= 11 is 0. The van der Waals surface area contributed by atoms with E-state index < -0.39 is 0 Å². The minimum absolute atomic E-state index is 0.115. The van der Waals surface area contributed by atoms with E-state index in [2.05, 4.69) is 44.2 Å². The first-order valence-corrected chi connectivity index (χ1v) is 10.3. The average Bonchev–Trinajstić information content (AvgIpc) is 2.79. The van der Waals surface area contributed by atoms with E-state index in [0.717, 1.165) is 49.2 Å². The van der Waals surface area contributed by atoms with Gasteiger partial charge in [0.25, 0.3) is 0 Å². The molecule has 1 N–H and O–H groups in total. The van der Waals surface area contributed by atoms with E-state index in [0.29, 0.717) is 12.6 Å². The second-order valence-corrected chi connectivity index (χ2v) is 7.62. The van der Waals surface area contributed by atoms with Crippen LogP contribution in [0.4, 0.5) is 4.39 Å². The van der Waals surface area contributed by atoms with Crippen LogP contribution in [0.15, 0.2) is 67.3 Å². The summed E-state index contributed by atoms with van der Waals surface area (Å²) in [6.07, 6.45) is 7.19. The van der Waals surface area contributed by atoms with Gasteiger partial charge in [0.05, 0.1) is 5.56 Å². The third kappa shape index (κ3) is 5.73. The molecule has 2 aromatic carbocycles. The minimum Gasteiger partial charge on any atom is -0.309 e. The summed E-state index contributed by atoms with van der Waals surface area (Å²) < 4.78 is 13.9. The first-order valence-electron chi connectivity index (χ1n) is 10.3. The molecule has 5 heteroatoms. The number of aromatic nitrogens is 2. The summed E-state index contributed by atoms with van der Waals surface area (Å²) in [4.78, 5) is 10.3. The summed E-state index contributed by atoms with van der Waals surface area (Å²) in [5.41, 5.74) is 3.78. The molecular formula is C25H25FN4. The van der Waals surface area contributed by atoms with E-state index in [1.165, 1.54) is 18.0 Å². The lowest BCUT2D eigenvalue weighted by atomic mass is 10.0. The fraction of sp³-hybridized carbons (Fsp3) is 0.280. The molecule has 0 amide bonds. The molecule has 1 aliphatic rings. The van der Waals surface area contributed by atoms with Crippen molar-refractivity contribution in [3.8, 4) is 11.8 Å². The van der Waals surface area contributed by atoms with Crippen LogP contribution in [-0.2, 0) is 13.1 Å². The number of piperidine rings is 1. The van der Waals surface area contributed by atoms with Crippen molar-refractivity contribution in [2.24, 2.45) is 0 Å². The van der Waals surface area contributed by atoms with Crippen molar-refractivity contribution in [2.75, 3.05) is 13.1 Å². The predicted octanol–water partition coefficient (Wildman–Crippen LogP) is 3.77. The zero-order valence-corrected chi connectivity index (χ0v) is 16.9. The Hall–Kier alpha value is -3.07. The van der Waals surface area contributed by atoms with Gasteiger partial charge in [0.15, 0.2) is 0 Å². The zero-order chi connectivity index (χ0) is 20.6. The first kappa shape index (κ1) is 20.2. The van der Waals surface area contributed by atoms with Gasteiger partial charge in [-0.15, -0.1) is 0 Å². The molecule has 1 aromatic heterocycles. The maximum absolute atomic E-state index is 13.9. The molecule has 152 valence electrons. The fourth-order valence-electron chi connectivity index (χ4n) is 3.71. The average molecular weight is 401 g/mol. The van der Waals surface area contributed by atoms with Crippen molar-refractivity contribution in [1.29, 1.82) is 0 Å². The highest BCUT2D eigenvalue weighted by Gasteiger charge is 2.20. The first-order chi connectivity index (χ1) is 14.8. The maximum atomic E-state index is 13.9. The van der Waals surface area contributed by atoms with Gasteiger partial charge in [-0.2, -0.15) is 0 Å². The summed E-state index contributed by atoms with van der Waals surface area (Å²) in [5, 5.41) is 3.66. The minimum atomic E-state index is -0.115. The van der Waals surface area contributed by atoms with Gasteiger partial charge in [0, 0.05) is 49.2 Å². The SMILES string of the molecule is Fc1ccccc1CN1CCCC(NCc2ccc(C#Cc3cncnc3)cc2)C1. The van der Waals surface area contributed by atoms with Crippen molar-refractivity contribution in [1.82, 2.24) is 20.2 Å². The van der Waals surface area contributed by atoms with Crippen molar-refractivity contribution in [2.45, 2.75) is 32.0 Å². The van der Waals surface area contributed by atoms with Gasteiger partial charge in [-0.1, -0.05) is 42.2 Å². The molecule has 0 bridgehead atoms.